The fourth-order valence-electron chi connectivity index (χ4n) is 3.00. The van der Waals surface area contributed by atoms with Gasteiger partial charge in [0, 0.05) is 18.8 Å². The Labute approximate surface area is 147 Å². The summed E-state index contributed by atoms with van der Waals surface area (Å²) in [4.78, 5) is 14.5. The van der Waals surface area contributed by atoms with E-state index in [9.17, 15) is 18.0 Å². The van der Waals surface area contributed by atoms with Gasteiger partial charge >= 0.3 is 11.9 Å². The molecule has 4 rings (SSSR count). The van der Waals surface area contributed by atoms with Crippen LogP contribution in [0.1, 0.15) is 24.0 Å². The van der Waals surface area contributed by atoms with Crippen molar-refractivity contribution in [2.45, 2.75) is 38.3 Å². The Balaban J connectivity index is 1.55. The SMILES string of the molecule is O=c1n(CN(Cc2ccc(C(F)(F)F)cc2)C2CC2)nc2ccccn12. The topological polar surface area (TPSA) is 42.5 Å². The number of rotatable bonds is 5. The highest BCUT2D eigenvalue weighted by molar-refractivity contribution is 5.35. The van der Waals surface area contributed by atoms with Crippen LogP contribution in [0.4, 0.5) is 13.2 Å². The van der Waals surface area contributed by atoms with Crippen molar-refractivity contribution in [3.63, 3.8) is 0 Å². The minimum absolute atomic E-state index is 0.223. The highest BCUT2D eigenvalue weighted by Gasteiger charge is 2.31. The number of hydrogen-bond donors (Lipinski definition) is 0. The highest BCUT2D eigenvalue weighted by atomic mass is 19.4. The molecule has 0 radical (unpaired) electrons. The number of benzene rings is 1. The summed E-state index contributed by atoms with van der Waals surface area (Å²) in [5, 5.41) is 4.33. The first-order valence-corrected chi connectivity index (χ1v) is 8.36. The van der Waals surface area contributed by atoms with E-state index in [0.717, 1.165) is 30.5 Å². The van der Waals surface area contributed by atoms with Gasteiger partial charge in [0.05, 0.1) is 12.2 Å². The molecule has 2 aromatic heterocycles. The van der Waals surface area contributed by atoms with Gasteiger partial charge in [0.25, 0.3) is 0 Å². The molecular weight excluding hydrogens is 345 g/mol. The molecular formula is C18H17F3N4O. The second kappa shape index (κ2) is 6.28. The molecule has 136 valence electrons. The fourth-order valence-corrected chi connectivity index (χ4v) is 3.00. The van der Waals surface area contributed by atoms with Gasteiger partial charge in [-0.05, 0) is 42.7 Å². The van der Waals surface area contributed by atoms with Crippen molar-refractivity contribution in [2.24, 2.45) is 0 Å². The summed E-state index contributed by atoms with van der Waals surface area (Å²) >= 11 is 0. The first-order valence-electron chi connectivity index (χ1n) is 8.36. The lowest BCUT2D eigenvalue weighted by Crippen LogP contribution is -2.34. The van der Waals surface area contributed by atoms with Gasteiger partial charge in [-0.3, -0.25) is 9.30 Å². The van der Waals surface area contributed by atoms with E-state index < -0.39 is 11.7 Å². The lowest BCUT2D eigenvalue weighted by atomic mass is 10.1. The molecule has 0 spiro atoms. The maximum Gasteiger partial charge on any atom is 0.416 e. The molecule has 0 amide bonds. The van der Waals surface area contributed by atoms with E-state index in [1.54, 1.807) is 18.3 Å². The summed E-state index contributed by atoms with van der Waals surface area (Å²) in [5.41, 5.74) is 0.471. The molecule has 2 heterocycles. The molecule has 1 aromatic carbocycles. The van der Waals surface area contributed by atoms with E-state index in [1.807, 2.05) is 6.07 Å². The van der Waals surface area contributed by atoms with E-state index in [4.69, 9.17) is 0 Å². The average molecular weight is 362 g/mol. The normalized spacial score (nSPS) is 15.1. The van der Waals surface area contributed by atoms with Crippen LogP contribution in [0.15, 0.2) is 53.5 Å². The van der Waals surface area contributed by atoms with Crippen molar-refractivity contribution in [2.75, 3.05) is 0 Å². The predicted octanol–water partition coefficient (Wildman–Crippen LogP) is 3.14. The predicted molar refractivity (Wildman–Crippen MR) is 89.5 cm³/mol. The second-order valence-corrected chi connectivity index (χ2v) is 6.53. The second-order valence-electron chi connectivity index (χ2n) is 6.53. The van der Waals surface area contributed by atoms with E-state index in [1.165, 1.54) is 21.2 Å². The van der Waals surface area contributed by atoms with Crippen molar-refractivity contribution in [3.05, 3.63) is 70.3 Å². The van der Waals surface area contributed by atoms with Gasteiger partial charge in [-0.25, -0.2) is 4.79 Å². The molecule has 1 aliphatic carbocycles. The summed E-state index contributed by atoms with van der Waals surface area (Å²) in [6, 6.07) is 10.8. The molecule has 0 atom stereocenters. The zero-order valence-corrected chi connectivity index (χ0v) is 13.9. The Morgan fingerprint density at radius 2 is 1.85 bits per heavy atom. The van der Waals surface area contributed by atoms with Crippen LogP contribution >= 0.6 is 0 Å². The van der Waals surface area contributed by atoms with Crippen molar-refractivity contribution in [1.82, 2.24) is 19.1 Å². The Morgan fingerprint density at radius 1 is 1.12 bits per heavy atom. The number of pyridine rings is 1. The first-order chi connectivity index (χ1) is 12.4. The molecule has 1 saturated carbocycles. The maximum atomic E-state index is 12.7. The smallest absolute Gasteiger partial charge is 0.277 e. The van der Waals surface area contributed by atoms with E-state index in [-0.39, 0.29) is 5.69 Å². The zero-order chi connectivity index (χ0) is 18.3. The standard InChI is InChI=1S/C18H17F3N4O/c19-18(20,21)14-6-4-13(5-7-14)11-23(15-8-9-15)12-25-17(26)24-10-2-1-3-16(24)22-25/h1-7,10,15H,8-9,11-12H2. The summed E-state index contributed by atoms with van der Waals surface area (Å²) < 4.78 is 41.0. The van der Waals surface area contributed by atoms with Gasteiger partial charge in [-0.1, -0.05) is 18.2 Å². The molecule has 0 bridgehead atoms. The van der Waals surface area contributed by atoms with E-state index >= 15 is 0 Å². The third-order valence-corrected chi connectivity index (χ3v) is 4.53. The molecule has 0 aliphatic heterocycles. The summed E-state index contributed by atoms with van der Waals surface area (Å²) in [7, 11) is 0. The summed E-state index contributed by atoms with van der Waals surface area (Å²) in [6.07, 6.45) is -0.636. The molecule has 26 heavy (non-hydrogen) atoms. The van der Waals surface area contributed by atoms with Gasteiger partial charge < -0.3 is 0 Å². The average Bonchev–Trinajstić information content (AvgIpc) is 3.41. The maximum absolute atomic E-state index is 12.7. The lowest BCUT2D eigenvalue weighted by molar-refractivity contribution is -0.137. The fraction of sp³-hybridized carbons (Fsp3) is 0.333. The third-order valence-electron chi connectivity index (χ3n) is 4.53. The Hall–Kier alpha value is -2.61. The molecule has 5 nitrogen and oxygen atoms in total. The minimum atomic E-state index is -4.33. The first kappa shape index (κ1) is 16.8. The molecule has 1 aliphatic rings. The summed E-state index contributed by atoms with van der Waals surface area (Å²) in [6.45, 7) is 0.787. The molecule has 3 aromatic rings. The van der Waals surface area contributed by atoms with Crippen LogP contribution in [0.25, 0.3) is 5.65 Å². The molecule has 0 N–H and O–H groups in total. The monoisotopic (exact) mass is 362 g/mol. The number of halogens is 3. The number of alkyl halides is 3. The van der Waals surface area contributed by atoms with Crippen LogP contribution in [0, 0.1) is 0 Å². The van der Waals surface area contributed by atoms with Crippen molar-refractivity contribution < 1.29 is 13.2 Å². The van der Waals surface area contributed by atoms with Crippen LogP contribution < -0.4 is 5.69 Å². The molecule has 0 unspecified atom stereocenters. The van der Waals surface area contributed by atoms with Gasteiger partial charge in [0.2, 0.25) is 0 Å². The summed E-state index contributed by atoms with van der Waals surface area (Å²) in [5.74, 6) is 0. The molecule has 1 fully saturated rings. The van der Waals surface area contributed by atoms with Crippen LogP contribution in [-0.2, 0) is 19.4 Å². The van der Waals surface area contributed by atoms with Crippen LogP contribution in [-0.4, -0.2) is 25.1 Å². The van der Waals surface area contributed by atoms with Gasteiger partial charge in [0.1, 0.15) is 0 Å². The highest BCUT2D eigenvalue weighted by Crippen LogP contribution is 2.31. The Morgan fingerprint density at radius 3 is 2.46 bits per heavy atom. The van der Waals surface area contributed by atoms with Crippen molar-refractivity contribution in [1.29, 1.82) is 0 Å². The third kappa shape index (κ3) is 3.37. The number of hydrogen-bond acceptors (Lipinski definition) is 3. The van der Waals surface area contributed by atoms with Crippen LogP contribution in [0.3, 0.4) is 0 Å². The van der Waals surface area contributed by atoms with Crippen molar-refractivity contribution >= 4 is 5.65 Å². The van der Waals surface area contributed by atoms with Crippen molar-refractivity contribution in [3.8, 4) is 0 Å². The van der Waals surface area contributed by atoms with Gasteiger partial charge in [-0.2, -0.15) is 17.9 Å². The molecule has 8 heteroatoms. The Kier molecular flexibility index (Phi) is 4.07. The van der Waals surface area contributed by atoms with E-state index in [2.05, 4.69) is 10.00 Å². The quantitative estimate of drug-likeness (QED) is 0.700. The molecule has 0 saturated heterocycles. The van der Waals surface area contributed by atoms with Crippen LogP contribution in [0.5, 0.6) is 0 Å². The lowest BCUT2D eigenvalue weighted by Gasteiger charge is -2.21. The van der Waals surface area contributed by atoms with Gasteiger partial charge in [0.15, 0.2) is 5.65 Å². The van der Waals surface area contributed by atoms with E-state index in [0.29, 0.717) is 24.9 Å². The number of nitrogens with zero attached hydrogens (tertiary/aromatic N) is 4. The number of aromatic nitrogens is 3. The number of fused-ring (bicyclic) bond motifs is 1. The Bertz CT molecular complexity index is 971. The van der Waals surface area contributed by atoms with Gasteiger partial charge in [-0.15, -0.1) is 5.10 Å². The zero-order valence-electron chi connectivity index (χ0n) is 13.9. The minimum Gasteiger partial charge on any atom is -0.277 e. The largest absolute Gasteiger partial charge is 0.416 e. The van der Waals surface area contributed by atoms with Crippen LogP contribution in [0.2, 0.25) is 0 Å².